The second kappa shape index (κ2) is 6.65. The lowest BCUT2D eigenvalue weighted by Gasteiger charge is -2.09. The fourth-order valence-corrected chi connectivity index (χ4v) is 1.77. The third-order valence-electron chi connectivity index (χ3n) is 2.77. The molecule has 0 aliphatic rings. The summed E-state index contributed by atoms with van der Waals surface area (Å²) in [5.74, 6) is 1.22. The highest BCUT2D eigenvalue weighted by Gasteiger charge is 2.02. The molecule has 1 heterocycles. The number of hydrogen-bond donors (Lipinski definition) is 2. The van der Waals surface area contributed by atoms with Crippen molar-refractivity contribution in [2.45, 2.75) is 13.5 Å². The van der Waals surface area contributed by atoms with Crippen molar-refractivity contribution in [1.82, 2.24) is 4.98 Å². The maximum Gasteiger partial charge on any atom is 0.213 e. The van der Waals surface area contributed by atoms with E-state index in [0.29, 0.717) is 24.8 Å². The monoisotopic (exact) mass is 274 g/mol. The number of aromatic hydroxyl groups is 1. The normalized spacial score (nSPS) is 10.1. The van der Waals surface area contributed by atoms with Crippen molar-refractivity contribution in [2.75, 3.05) is 19.0 Å². The van der Waals surface area contributed by atoms with Gasteiger partial charge in [-0.2, -0.15) is 0 Å². The Hall–Kier alpha value is -2.43. The summed E-state index contributed by atoms with van der Waals surface area (Å²) in [6.45, 7) is 3.11. The van der Waals surface area contributed by atoms with Crippen molar-refractivity contribution in [3.8, 4) is 17.4 Å². The first-order valence-corrected chi connectivity index (χ1v) is 6.41. The molecule has 0 bridgehead atoms. The third kappa shape index (κ3) is 3.54. The number of aromatic nitrogens is 1. The molecule has 0 aliphatic carbocycles. The van der Waals surface area contributed by atoms with E-state index in [1.807, 2.05) is 25.1 Å². The molecule has 0 saturated heterocycles. The van der Waals surface area contributed by atoms with Gasteiger partial charge in [0.05, 0.1) is 25.6 Å². The van der Waals surface area contributed by atoms with Crippen LogP contribution in [0.25, 0.3) is 0 Å². The zero-order chi connectivity index (χ0) is 14.4. The molecule has 2 rings (SSSR count). The molecular formula is C15H18N2O3. The predicted octanol–water partition coefficient (Wildman–Crippen LogP) is 2.81. The molecule has 0 radical (unpaired) electrons. The van der Waals surface area contributed by atoms with E-state index in [4.69, 9.17) is 9.47 Å². The number of nitrogens with zero attached hydrogens (tertiary/aromatic N) is 1. The molecule has 0 spiro atoms. The first-order chi connectivity index (χ1) is 9.72. The molecule has 1 aromatic carbocycles. The zero-order valence-corrected chi connectivity index (χ0v) is 11.6. The number of ether oxygens (including phenoxy) is 2. The smallest absolute Gasteiger partial charge is 0.213 e. The lowest BCUT2D eigenvalue weighted by atomic mass is 10.2. The average Bonchev–Trinajstić information content (AvgIpc) is 2.47. The van der Waals surface area contributed by atoms with Crippen LogP contribution in [-0.2, 0) is 6.54 Å². The standard InChI is InChI=1S/C15H18N2O3/c1-3-20-15-7-5-12(10-17-15)16-9-11-4-6-14(19-2)13(18)8-11/h4-8,10,16,18H,3,9H2,1-2H3. The number of anilines is 1. The maximum absolute atomic E-state index is 9.70. The molecule has 0 unspecified atom stereocenters. The van der Waals surface area contributed by atoms with Gasteiger partial charge >= 0.3 is 0 Å². The van der Waals surface area contributed by atoms with E-state index in [0.717, 1.165) is 11.3 Å². The fourth-order valence-electron chi connectivity index (χ4n) is 1.77. The largest absolute Gasteiger partial charge is 0.504 e. The van der Waals surface area contributed by atoms with Crippen molar-refractivity contribution in [3.63, 3.8) is 0 Å². The van der Waals surface area contributed by atoms with Gasteiger partial charge in [0.25, 0.3) is 0 Å². The third-order valence-corrected chi connectivity index (χ3v) is 2.77. The molecule has 5 nitrogen and oxygen atoms in total. The minimum Gasteiger partial charge on any atom is -0.504 e. The number of methoxy groups -OCH3 is 1. The molecule has 0 saturated carbocycles. The van der Waals surface area contributed by atoms with Crippen LogP contribution in [-0.4, -0.2) is 23.8 Å². The highest BCUT2D eigenvalue weighted by atomic mass is 16.5. The van der Waals surface area contributed by atoms with Crippen molar-refractivity contribution in [3.05, 3.63) is 42.1 Å². The minimum atomic E-state index is 0.136. The maximum atomic E-state index is 9.70. The van der Waals surface area contributed by atoms with Gasteiger partial charge in [-0.25, -0.2) is 4.98 Å². The summed E-state index contributed by atoms with van der Waals surface area (Å²) < 4.78 is 10.3. The van der Waals surface area contributed by atoms with E-state index in [2.05, 4.69) is 10.3 Å². The van der Waals surface area contributed by atoms with E-state index < -0.39 is 0 Å². The van der Waals surface area contributed by atoms with Crippen LogP contribution in [0.4, 0.5) is 5.69 Å². The van der Waals surface area contributed by atoms with Gasteiger partial charge in [0.1, 0.15) is 0 Å². The summed E-state index contributed by atoms with van der Waals surface area (Å²) in [5, 5.41) is 12.9. The van der Waals surface area contributed by atoms with Crippen LogP contribution in [0.3, 0.4) is 0 Å². The van der Waals surface area contributed by atoms with Gasteiger partial charge < -0.3 is 19.9 Å². The summed E-state index contributed by atoms with van der Waals surface area (Å²) in [4.78, 5) is 4.17. The van der Waals surface area contributed by atoms with Gasteiger partial charge in [-0.3, -0.25) is 0 Å². The van der Waals surface area contributed by atoms with Crippen molar-refractivity contribution in [1.29, 1.82) is 0 Å². The molecule has 5 heteroatoms. The summed E-state index contributed by atoms with van der Waals surface area (Å²) in [7, 11) is 1.53. The molecule has 0 atom stereocenters. The second-order valence-electron chi connectivity index (χ2n) is 4.18. The van der Waals surface area contributed by atoms with Crippen LogP contribution in [0.15, 0.2) is 36.5 Å². The highest BCUT2D eigenvalue weighted by Crippen LogP contribution is 2.26. The minimum absolute atomic E-state index is 0.136. The van der Waals surface area contributed by atoms with E-state index in [9.17, 15) is 5.11 Å². The number of hydrogen-bond acceptors (Lipinski definition) is 5. The highest BCUT2D eigenvalue weighted by molar-refractivity contribution is 5.45. The van der Waals surface area contributed by atoms with Crippen molar-refractivity contribution in [2.24, 2.45) is 0 Å². The number of phenols is 1. The Morgan fingerprint density at radius 3 is 2.70 bits per heavy atom. The van der Waals surface area contributed by atoms with Crippen molar-refractivity contribution < 1.29 is 14.6 Å². The number of nitrogens with one attached hydrogen (secondary N) is 1. The number of benzene rings is 1. The number of rotatable bonds is 6. The van der Waals surface area contributed by atoms with E-state index in [-0.39, 0.29) is 5.75 Å². The predicted molar refractivity (Wildman–Crippen MR) is 77.4 cm³/mol. The number of phenolic OH excluding ortho intramolecular Hbond substituents is 1. The zero-order valence-electron chi connectivity index (χ0n) is 11.6. The van der Waals surface area contributed by atoms with Crippen LogP contribution in [0.5, 0.6) is 17.4 Å². The van der Waals surface area contributed by atoms with Gasteiger partial charge in [-0.1, -0.05) is 6.07 Å². The lowest BCUT2D eigenvalue weighted by molar-refractivity contribution is 0.327. The van der Waals surface area contributed by atoms with Gasteiger partial charge in [0.15, 0.2) is 11.5 Å². The fraction of sp³-hybridized carbons (Fsp3) is 0.267. The molecule has 2 N–H and O–H groups in total. The van der Waals surface area contributed by atoms with Crippen LogP contribution in [0.2, 0.25) is 0 Å². The Bertz CT molecular complexity index is 556. The Morgan fingerprint density at radius 2 is 2.10 bits per heavy atom. The van der Waals surface area contributed by atoms with E-state index in [1.165, 1.54) is 7.11 Å². The first kappa shape index (κ1) is 14.0. The molecule has 106 valence electrons. The van der Waals surface area contributed by atoms with Crippen LogP contribution >= 0.6 is 0 Å². The Labute approximate surface area is 118 Å². The molecule has 0 aliphatic heterocycles. The molecular weight excluding hydrogens is 256 g/mol. The van der Waals surface area contributed by atoms with Crippen LogP contribution < -0.4 is 14.8 Å². The number of pyridine rings is 1. The Balaban J connectivity index is 1.96. The Morgan fingerprint density at radius 1 is 1.25 bits per heavy atom. The van der Waals surface area contributed by atoms with Gasteiger partial charge in [0.2, 0.25) is 5.88 Å². The summed E-state index contributed by atoms with van der Waals surface area (Å²) in [6, 6.07) is 9.03. The molecule has 1 aromatic heterocycles. The topological polar surface area (TPSA) is 63.6 Å². The summed E-state index contributed by atoms with van der Waals surface area (Å²) >= 11 is 0. The molecule has 20 heavy (non-hydrogen) atoms. The molecule has 0 amide bonds. The van der Waals surface area contributed by atoms with E-state index in [1.54, 1.807) is 18.3 Å². The van der Waals surface area contributed by atoms with Gasteiger partial charge in [-0.15, -0.1) is 0 Å². The van der Waals surface area contributed by atoms with Gasteiger partial charge in [-0.05, 0) is 30.7 Å². The van der Waals surface area contributed by atoms with E-state index >= 15 is 0 Å². The molecule has 0 fully saturated rings. The summed E-state index contributed by atoms with van der Waals surface area (Å²) in [5.41, 5.74) is 1.85. The van der Waals surface area contributed by atoms with Crippen LogP contribution in [0, 0.1) is 0 Å². The Kier molecular flexibility index (Phi) is 4.65. The van der Waals surface area contributed by atoms with Crippen molar-refractivity contribution >= 4 is 5.69 Å². The lowest BCUT2D eigenvalue weighted by Crippen LogP contribution is -2.01. The second-order valence-corrected chi connectivity index (χ2v) is 4.18. The first-order valence-electron chi connectivity index (χ1n) is 6.41. The SMILES string of the molecule is CCOc1ccc(NCc2ccc(OC)c(O)c2)cn1. The van der Waals surface area contributed by atoms with Gasteiger partial charge in [0, 0.05) is 12.6 Å². The molecule has 2 aromatic rings. The van der Waals surface area contributed by atoms with Crippen LogP contribution in [0.1, 0.15) is 12.5 Å². The quantitative estimate of drug-likeness (QED) is 0.848. The summed E-state index contributed by atoms with van der Waals surface area (Å²) in [6.07, 6.45) is 1.72. The average molecular weight is 274 g/mol.